The molecule has 23 heavy (non-hydrogen) atoms. The molecule has 0 radical (unpaired) electrons. The number of carbonyl (C=O) groups is 1. The Morgan fingerprint density at radius 3 is 2.39 bits per heavy atom. The van der Waals surface area contributed by atoms with Gasteiger partial charge >= 0.3 is 5.97 Å². The number of nitrogens with zero attached hydrogens (tertiary/aromatic N) is 2. The maximum absolute atomic E-state index is 11.9. The van der Waals surface area contributed by atoms with E-state index < -0.39 is 12.0 Å². The van der Waals surface area contributed by atoms with E-state index in [1.807, 2.05) is 31.2 Å². The van der Waals surface area contributed by atoms with Gasteiger partial charge in [0.25, 0.3) is 0 Å². The third-order valence-corrected chi connectivity index (χ3v) is 4.75. The lowest BCUT2D eigenvalue weighted by Crippen LogP contribution is -2.57. The summed E-state index contributed by atoms with van der Waals surface area (Å²) in [6.07, 6.45) is 0. The Morgan fingerprint density at radius 2 is 1.87 bits per heavy atom. The first-order valence-corrected chi connectivity index (χ1v) is 8.13. The number of methoxy groups -OCH3 is 1. The van der Waals surface area contributed by atoms with Gasteiger partial charge in [0.05, 0.1) is 6.61 Å². The summed E-state index contributed by atoms with van der Waals surface area (Å²) >= 11 is 0. The van der Waals surface area contributed by atoms with E-state index in [1.54, 1.807) is 7.11 Å². The maximum Gasteiger partial charge on any atom is 0.325 e. The summed E-state index contributed by atoms with van der Waals surface area (Å²) in [6.45, 7) is 10.2. The molecule has 1 atom stereocenters. The smallest absolute Gasteiger partial charge is 0.325 e. The first-order valence-electron chi connectivity index (χ1n) is 8.13. The predicted octanol–water partition coefficient (Wildman–Crippen LogP) is 2.16. The van der Waals surface area contributed by atoms with Crippen molar-refractivity contribution in [2.75, 3.05) is 39.9 Å². The van der Waals surface area contributed by atoms with Crippen LogP contribution < -0.4 is 0 Å². The van der Waals surface area contributed by atoms with Crippen LogP contribution >= 0.6 is 0 Å². The van der Waals surface area contributed by atoms with E-state index >= 15 is 0 Å². The molecule has 1 heterocycles. The number of benzene rings is 1. The number of rotatable bonds is 6. The van der Waals surface area contributed by atoms with Crippen LogP contribution in [0.25, 0.3) is 0 Å². The Hall–Kier alpha value is -1.43. The SMILES string of the molecule is COCC(C)(C)N1CCN(C(C(=O)O)c2ccccc2C)CC1. The van der Waals surface area contributed by atoms with Gasteiger partial charge in [-0.1, -0.05) is 24.3 Å². The average Bonchev–Trinajstić information content (AvgIpc) is 2.50. The van der Waals surface area contributed by atoms with Crippen LogP contribution in [0.1, 0.15) is 31.0 Å². The third-order valence-electron chi connectivity index (χ3n) is 4.75. The molecule has 1 unspecified atom stereocenters. The summed E-state index contributed by atoms with van der Waals surface area (Å²) in [5, 5.41) is 9.74. The minimum absolute atomic E-state index is 0.0256. The summed E-state index contributed by atoms with van der Waals surface area (Å²) in [7, 11) is 1.72. The predicted molar refractivity (Wildman–Crippen MR) is 90.7 cm³/mol. The molecule has 1 saturated heterocycles. The number of carboxylic acids is 1. The Labute approximate surface area is 138 Å². The van der Waals surface area contributed by atoms with Gasteiger partial charge in [0.1, 0.15) is 6.04 Å². The molecule has 1 aromatic rings. The van der Waals surface area contributed by atoms with E-state index in [0.717, 1.165) is 37.3 Å². The molecule has 0 aromatic heterocycles. The van der Waals surface area contributed by atoms with Crippen molar-refractivity contribution in [2.24, 2.45) is 0 Å². The molecule has 1 aliphatic heterocycles. The Morgan fingerprint density at radius 1 is 1.26 bits per heavy atom. The first kappa shape index (κ1) is 17.9. The van der Waals surface area contributed by atoms with Gasteiger partial charge in [-0.3, -0.25) is 14.6 Å². The van der Waals surface area contributed by atoms with Gasteiger partial charge in [-0.2, -0.15) is 0 Å². The zero-order chi connectivity index (χ0) is 17.0. The number of aryl methyl sites for hydroxylation is 1. The molecule has 0 bridgehead atoms. The highest BCUT2D eigenvalue weighted by Gasteiger charge is 2.35. The Balaban J connectivity index is 2.10. The molecular weight excluding hydrogens is 292 g/mol. The summed E-state index contributed by atoms with van der Waals surface area (Å²) in [5.41, 5.74) is 1.90. The van der Waals surface area contributed by atoms with Crippen LogP contribution in [0.2, 0.25) is 0 Å². The standard InChI is InChI=1S/C18H28N2O3/c1-14-7-5-6-8-15(14)16(17(21)22)19-9-11-20(12-10-19)18(2,3)13-23-4/h5-8,16H,9-13H2,1-4H3,(H,21,22). The molecule has 1 N–H and O–H groups in total. The van der Waals surface area contributed by atoms with Crippen molar-refractivity contribution in [3.63, 3.8) is 0 Å². The van der Waals surface area contributed by atoms with Crippen LogP contribution in [0.5, 0.6) is 0 Å². The fraction of sp³-hybridized carbons (Fsp3) is 0.611. The zero-order valence-corrected chi connectivity index (χ0v) is 14.6. The highest BCUT2D eigenvalue weighted by Crippen LogP contribution is 2.27. The molecule has 2 rings (SSSR count). The number of carboxylic acid groups (broad SMARTS) is 1. The molecule has 1 aliphatic rings. The number of aliphatic carboxylic acids is 1. The van der Waals surface area contributed by atoms with Gasteiger partial charge in [0.15, 0.2) is 0 Å². The molecule has 5 heteroatoms. The van der Waals surface area contributed by atoms with Gasteiger partial charge < -0.3 is 9.84 Å². The lowest BCUT2D eigenvalue weighted by atomic mass is 9.98. The van der Waals surface area contributed by atoms with Crippen LogP contribution in [-0.2, 0) is 9.53 Å². The molecule has 0 amide bonds. The summed E-state index contributed by atoms with van der Waals surface area (Å²) < 4.78 is 5.31. The van der Waals surface area contributed by atoms with Gasteiger partial charge in [-0.05, 0) is 31.9 Å². The Kier molecular flexibility index (Phi) is 5.79. The van der Waals surface area contributed by atoms with Crippen molar-refractivity contribution in [2.45, 2.75) is 32.4 Å². The monoisotopic (exact) mass is 320 g/mol. The molecule has 1 fully saturated rings. The summed E-state index contributed by atoms with van der Waals surface area (Å²) in [6, 6.07) is 7.20. The molecule has 0 spiro atoms. The number of hydrogen-bond acceptors (Lipinski definition) is 4. The lowest BCUT2D eigenvalue weighted by molar-refractivity contribution is -0.145. The average molecular weight is 320 g/mol. The summed E-state index contributed by atoms with van der Waals surface area (Å²) in [5.74, 6) is -0.774. The van der Waals surface area contributed by atoms with Crippen LogP contribution in [-0.4, -0.2) is 66.3 Å². The molecular formula is C18H28N2O3. The van der Waals surface area contributed by atoms with Crippen molar-refractivity contribution in [1.29, 1.82) is 0 Å². The highest BCUT2D eigenvalue weighted by molar-refractivity contribution is 5.76. The topological polar surface area (TPSA) is 53.0 Å². The van der Waals surface area contributed by atoms with Crippen molar-refractivity contribution in [3.8, 4) is 0 Å². The van der Waals surface area contributed by atoms with E-state index in [9.17, 15) is 9.90 Å². The highest BCUT2D eigenvalue weighted by atomic mass is 16.5. The van der Waals surface area contributed by atoms with E-state index in [2.05, 4.69) is 23.6 Å². The van der Waals surface area contributed by atoms with Crippen LogP contribution in [0, 0.1) is 6.92 Å². The van der Waals surface area contributed by atoms with E-state index in [0.29, 0.717) is 6.61 Å². The number of hydrogen-bond donors (Lipinski definition) is 1. The molecule has 128 valence electrons. The van der Waals surface area contributed by atoms with E-state index in [1.165, 1.54) is 0 Å². The van der Waals surface area contributed by atoms with Gasteiger partial charge in [0.2, 0.25) is 0 Å². The van der Waals surface area contributed by atoms with E-state index in [4.69, 9.17) is 4.74 Å². The van der Waals surface area contributed by atoms with Gasteiger partial charge in [0, 0.05) is 38.8 Å². The third kappa shape index (κ3) is 4.10. The lowest BCUT2D eigenvalue weighted by Gasteiger charge is -2.45. The van der Waals surface area contributed by atoms with Crippen molar-refractivity contribution < 1.29 is 14.6 Å². The second-order valence-electron chi connectivity index (χ2n) is 6.87. The van der Waals surface area contributed by atoms with E-state index in [-0.39, 0.29) is 5.54 Å². The van der Waals surface area contributed by atoms with Crippen molar-refractivity contribution in [1.82, 2.24) is 9.80 Å². The van der Waals surface area contributed by atoms with Gasteiger partial charge in [-0.25, -0.2) is 0 Å². The molecule has 1 aromatic carbocycles. The van der Waals surface area contributed by atoms with Gasteiger partial charge in [-0.15, -0.1) is 0 Å². The second-order valence-corrected chi connectivity index (χ2v) is 6.87. The van der Waals surface area contributed by atoms with Crippen molar-refractivity contribution >= 4 is 5.97 Å². The van der Waals surface area contributed by atoms with Crippen LogP contribution in [0.3, 0.4) is 0 Å². The minimum atomic E-state index is -0.774. The quantitative estimate of drug-likeness (QED) is 0.870. The Bertz CT molecular complexity index is 537. The minimum Gasteiger partial charge on any atom is -0.480 e. The molecule has 5 nitrogen and oxygen atoms in total. The number of piperazine rings is 1. The van der Waals surface area contributed by atoms with Crippen LogP contribution in [0.4, 0.5) is 0 Å². The summed E-state index contributed by atoms with van der Waals surface area (Å²) in [4.78, 5) is 16.3. The number of ether oxygens (including phenoxy) is 1. The molecule has 0 saturated carbocycles. The van der Waals surface area contributed by atoms with Crippen molar-refractivity contribution in [3.05, 3.63) is 35.4 Å². The fourth-order valence-corrected chi connectivity index (χ4v) is 3.41. The second kappa shape index (κ2) is 7.43. The fourth-order valence-electron chi connectivity index (χ4n) is 3.41. The zero-order valence-electron chi connectivity index (χ0n) is 14.6. The molecule has 0 aliphatic carbocycles. The normalized spacial score (nSPS) is 18.8. The largest absolute Gasteiger partial charge is 0.480 e. The first-order chi connectivity index (χ1) is 10.9. The van der Waals surface area contributed by atoms with Crippen LogP contribution in [0.15, 0.2) is 24.3 Å². The maximum atomic E-state index is 11.9.